The van der Waals surface area contributed by atoms with Gasteiger partial charge >= 0.3 is 5.69 Å². The zero-order valence-corrected chi connectivity index (χ0v) is 12.7. The van der Waals surface area contributed by atoms with E-state index in [0.29, 0.717) is 11.4 Å². The molecule has 1 amide bonds. The minimum atomic E-state index is -0.396. The molecule has 1 N–H and O–H groups in total. The van der Waals surface area contributed by atoms with E-state index in [1.807, 2.05) is 13.8 Å². The minimum absolute atomic E-state index is 0.000880. The van der Waals surface area contributed by atoms with Crippen LogP contribution in [0.1, 0.15) is 31.7 Å². The van der Waals surface area contributed by atoms with E-state index in [2.05, 4.69) is 26.2 Å². The van der Waals surface area contributed by atoms with Crippen molar-refractivity contribution < 1.29 is 4.79 Å². The van der Waals surface area contributed by atoms with Gasteiger partial charge in [0, 0.05) is 11.7 Å². The summed E-state index contributed by atoms with van der Waals surface area (Å²) >= 11 is 3.36. The van der Waals surface area contributed by atoms with Crippen LogP contribution in [0.4, 0.5) is 0 Å². The number of nitrogens with one attached hydrogen (secondary N) is 1. The van der Waals surface area contributed by atoms with Crippen LogP contribution in [-0.2, 0) is 11.3 Å². The normalized spacial score (nSPS) is 12.3. The highest BCUT2D eigenvalue weighted by molar-refractivity contribution is 9.10. The second kappa shape index (κ2) is 6.13. The van der Waals surface area contributed by atoms with Gasteiger partial charge in [-0.15, -0.1) is 0 Å². The average Bonchev–Trinajstić information content (AvgIpc) is 2.31. The molecule has 0 saturated carbocycles. The number of aromatic nitrogens is 2. The van der Waals surface area contributed by atoms with Crippen molar-refractivity contribution in [1.82, 2.24) is 14.9 Å². The predicted molar refractivity (Wildman–Crippen MR) is 73.6 cm³/mol. The van der Waals surface area contributed by atoms with Crippen molar-refractivity contribution >= 4 is 21.8 Å². The fourth-order valence-corrected chi connectivity index (χ4v) is 1.83. The zero-order chi connectivity index (χ0) is 13.9. The standard InChI is InChI=1S/C12H18BrN3O2/c1-5-7(2)14-10(17)6-16-9(4)11(13)8(3)15-12(16)18/h7H,5-6H2,1-4H3,(H,14,17). The zero-order valence-electron chi connectivity index (χ0n) is 11.1. The van der Waals surface area contributed by atoms with E-state index in [0.717, 1.165) is 10.9 Å². The van der Waals surface area contributed by atoms with Crippen LogP contribution in [-0.4, -0.2) is 21.5 Å². The third-order valence-electron chi connectivity index (χ3n) is 2.86. The molecule has 1 heterocycles. The Bertz CT molecular complexity index is 511. The predicted octanol–water partition coefficient (Wildman–Crippen LogP) is 1.54. The molecular formula is C12H18BrN3O2. The third-order valence-corrected chi connectivity index (χ3v) is 4.00. The van der Waals surface area contributed by atoms with Gasteiger partial charge < -0.3 is 5.32 Å². The molecule has 18 heavy (non-hydrogen) atoms. The summed E-state index contributed by atoms with van der Waals surface area (Å²) < 4.78 is 2.13. The molecule has 0 bridgehead atoms. The van der Waals surface area contributed by atoms with E-state index in [1.165, 1.54) is 4.57 Å². The van der Waals surface area contributed by atoms with Crippen LogP contribution in [0.5, 0.6) is 0 Å². The van der Waals surface area contributed by atoms with Gasteiger partial charge in [0.25, 0.3) is 0 Å². The molecule has 0 aromatic carbocycles. The lowest BCUT2D eigenvalue weighted by Crippen LogP contribution is -2.38. The molecular weight excluding hydrogens is 298 g/mol. The Labute approximate surface area is 115 Å². The van der Waals surface area contributed by atoms with Gasteiger partial charge in [-0.3, -0.25) is 9.36 Å². The summed E-state index contributed by atoms with van der Waals surface area (Å²) in [5, 5.41) is 2.82. The van der Waals surface area contributed by atoms with Crippen LogP contribution >= 0.6 is 15.9 Å². The molecule has 0 fully saturated rings. The maximum Gasteiger partial charge on any atom is 0.348 e. The second-order valence-electron chi connectivity index (χ2n) is 4.34. The number of rotatable bonds is 4. The molecule has 100 valence electrons. The smallest absolute Gasteiger partial charge is 0.348 e. The van der Waals surface area contributed by atoms with Gasteiger partial charge in [0.05, 0.1) is 10.2 Å². The number of nitrogens with zero attached hydrogens (tertiary/aromatic N) is 2. The lowest BCUT2D eigenvalue weighted by molar-refractivity contribution is -0.122. The first-order chi connectivity index (χ1) is 8.36. The van der Waals surface area contributed by atoms with E-state index in [4.69, 9.17) is 0 Å². The van der Waals surface area contributed by atoms with Crippen molar-refractivity contribution in [3.8, 4) is 0 Å². The highest BCUT2D eigenvalue weighted by Crippen LogP contribution is 2.16. The van der Waals surface area contributed by atoms with E-state index in [1.54, 1.807) is 13.8 Å². The summed E-state index contributed by atoms with van der Waals surface area (Å²) in [6.07, 6.45) is 0.857. The van der Waals surface area contributed by atoms with Crippen LogP contribution < -0.4 is 11.0 Å². The SMILES string of the molecule is CCC(C)NC(=O)Cn1c(C)c(Br)c(C)nc1=O. The van der Waals surface area contributed by atoms with Gasteiger partial charge in [-0.1, -0.05) is 6.92 Å². The quantitative estimate of drug-likeness (QED) is 0.916. The van der Waals surface area contributed by atoms with Crippen LogP contribution in [0.15, 0.2) is 9.27 Å². The van der Waals surface area contributed by atoms with E-state index < -0.39 is 5.69 Å². The first-order valence-corrected chi connectivity index (χ1v) is 6.69. The first kappa shape index (κ1) is 14.9. The van der Waals surface area contributed by atoms with Gasteiger partial charge in [0.2, 0.25) is 5.91 Å². The Kier molecular flexibility index (Phi) is 5.07. The van der Waals surface area contributed by atoms with Crippen LogP contribution in [0, 0.1) is 13.8 Å². The number of hydrogen-bond donors (Lipinski definition) is 1. The second-order valence-corrected chi connectivity index (χ2v) is 5.14. The summed E-state index contributed by atoms with van der Waals surface area (Å²) in [7, 11) is 0. The van der Waals surface area contributed by atoms with Crippen molar-refractivity contribution in [2.24, 2.45) is 0 Å². The fourth-order valence-electron chi connectivity index (χ4n) is 1.53. The highest BCUT2D eigenvalue weighted by atomic mass is 79.9. The average molecular weight is 316 g/mol. The number of carbonyl (C=O) groups excluding carboxylic acids is 1. The third kappa shape index (κ3) is 3.41. The largest absolute Gasteiger partial charge is 0.352 e. The van der Waals surface area contributed by atoms with Gasteiger partial charge in [0.15, 0.2) is 0 Å². The summed E-state index contributed by atoms with van der Waals surface area (Å²) in [5.74, 6) is -0.174. The lowest BCUT2D eigenvalue weighted by Gasteiger charge is -2.14. The molecule has 0 aliphatic rings. The lowest BCUT2D eigenvalue weighted by atomic mass is 10.2. The molecule has 1 aromatic rings. The summed E-state index contributed by atoms with van der Waals surface area (Å²) in [4.78, 5) is 27.4. The molecule has 0 saturated heterocycles. The molecule has 1 rings (SSSR count). The number of amides is 1. The van der Waals surface area contributed by atoms with Gasteiger partial charge in [-0.05, 0) is 43.1 Å². The topological polar surface area (TPSA) is 64.0 Å². The monoisotopic (exact) mass is 315 g/mol. The number of hydrogen-bond acceptors (Lipinski definition) is 3. The van der Waals surface area contributed by atoms with Crippen LogP contribution in [0.25, 0.3) is 0 Å². The molecule has 1 unspecified atom stereocenters. The van der Waals surface area contributed by atoms with Crippen molar-refractivity contribution in [1.29, 1.82) is 0 Å². The number of aryl methyl sites for hydroxylation is 1. The minimum Gasteiger partial charge on any atom is -0.352 e. The summed E-state index contributed by atoms with van der Waals surface area (Å²) in [5.41, 5.74) is 0.954. The Morgan fingerprint density at radius 3 is 2.67 bits per heavy atom. The number of halogens is 1. The first-order valence-electron chi connectivity index (χ1n) is 5.89. The molecule has 1 aromatic heterocycles. The molecule has 0 radical (unpaired) electrons. The van der Waals surface area contributed by atoms with E-state index >= 15 is 0 Å². The Hall–Kier alpha value is -1.17. The molecule has 0 aliphatic heterocycles. The van der Waals surface area contributed by atoms with Crippen LogP contribution in [0.2, 0.25) is 0 Å². The summed E-state index contributed by atoms with van der Waals surface area (Å²) in [6, 6.07) is 0.107. The van der Waals surface area contributed by atoms with Crippen molar-refractivity contribution in [2.45, 2.75) is 46.7 Å². The van der Waals surface area contributed by atoms with Gasteiger partial charge in [-0.25, -0.2) is 4.79 Å². The van der Waals surface area contributed by atoms with Crippen molar-refractivity contribution in [2.75, 3.05) is 0 Å². The van der Waals surface area contributed by atoms with Crippen LogP contribution in [0.3, 0.4) is 0 Å². The highest BCUT2D eigenvalue weighted by Gasteiger charge is 2.13. The van der Waals surface area contributed by atoms with Gasteiger partial charge in [0.1, 0.15) is 6.54 Å². The molecule has 0 aliphatic carbocycles. The summed E-state index contributed by atoms with van der Waals surface area (Å²) in [6.45, 7) is 7.46. The maximum atomic E-state index is 11.8. The Balaban J connectivity index is 2.95. The Morgan fingerprint density at radius 1 is 1.50 bits per heavy atom. The maximum absolute atomic E-state index is 11.8. The van der Waals surface area contributed by atoms with E-state index in [-0.39, 0.29) is 18.5 Å². The van der Waals surface area contributed by atoms with E-state index in [9.17, 15) is 9.59 Å². The van der Waals surface area contributed by atoms with Gasteiger partial charge in [-0.2, -0.15) is 4.98 Å². The molecule has 6 heteroatoms. The van der Waals surface area contributed by atoms with Crippen molar-refractivity contribution in [3.63, 3.8) is 0 Å². The molecule has 1 atom stereocenters. The Morgan fingerprint density at radius 2 is 2.11 bits per heavy atom. The molecule has 5 nitrogen and oxygen atoms in total. The van der Waals surface area contributed by atoms with Crippen molar-refractivity contribution in [3.05, 3.63) is 26.3 Å². The fraction of sp³-hybridized carbons (Fsp3) is 0.583. The molecule has 0 spiro atoms. The number of carbonyl (C=O) groups is 1.